The van der Waals surface area contributed by atoms with Crippen LogP contribution in [0, 0.1) is 0 Å². The summed E-state index contributed by atoms with van der Waals surface area (Å²) in [6.45, 7) is 1.41. The number of nitrogens with zero attached hydrogens (tertiary/aromatic N) is 2. The lowest BCUT2D eigenvalue weighted by atomic mass is 10.2. The van der Waals surface area contributed by atoms with Crippen molar-refractivity contribution in [3.63, 3.8) is 0 Å². The first-order valence-corrected chi connectivity index (χ1v) is 6.85. The first-order chi connectivity index (χ1) is 9.52. The summed E-state index contributed by atoms with van der Waals surface area (Å²) < 4.78 is 1.17. The third kappa shape index (κ3) is 2.85. The van der Waals surface area contributed by atoms with E-state index in [1.807, 2.05) is 0 Å². The van der Waals surface area contributed by atoms with Crippen molar-refractivity contribution in [3.05, 3.63) is 28.1 Å². The standard InChI is InChI=1S/C12H13N3O4S/c1-2-8(12(18)19)14-9(16)5-15-6-13-10-7(11(15)17)3-4-20-10/h3-4,6,8H,2,5H2,1H3,(H,14,16)(H,18,19)/t8-/m1/s1. The van der Waals surface area contributed by atoms with Gasteiger partial charge in [0.2, 0.25) is 5.91 Å². The van der Waals surface area contributed by atoms with Crippen molar-refractivity contribution < 1.29 is 14.7 Å². The summed E-state index contributed by atoms with van der Waals surface area (Å²) in [7, 11) is 0. The third-order valence-electron chi connectivity index (χ3n) is 2.81. The van der Waals surface area contributed by atoms with Gasteiger partial charge in [0.05, 0.1) is 11.7 Å². The Kier molecular flexibility index (Phi) is 4.14. The van der Waals surface area contributed by atoms with Gasteiger partial charge in [-0.3, -0.25) is 14.2 Å². The van der Waals surface area contributed by atoms with Gasteiger partial charge in [0.15, 0.2) is 0 Å². The number of thiophene rings is 1. The number of hydrogen-bond donors (Lipinski definition) is 2. The summed E-state index contributed by atoms with van der Waals surface area (Å²) in [6, 6.07) is 0.701. The van der Waals surface area contributed by atoms with Gasteiger partial charge in [-0.15, -0.1) is 11.3 Å². The maximum Gasteiger partial charge on any atom is 0.326 e. The molecule has 0 fully saturated rings. The molecule has 0 aromatic carbocycles. The second kappa shape index (κ2) is 5.83. The number of hydrogen-bond acceptors (Lipinski definition) is 5. The highest BCUT2D eigenvalue weighted by molar-refractivity contribution is 7.16. The minimum absolute atomic E-state index is 0.249. The number of aromatic nitrogens is 2. The van der Waals surface area contributed by atoms with Crippen LogP contribution in [-0.2, 0) is 16.1 Å². The Morgan fingerprint density at radius 1 is 1.55 bits per heavy atom. The molecule has 2 rings (SSSR count). The Bertz CT molecular complexity index is 706. The molecule has 0 aliphatic rings. The molecule has 2 aromatic rings. The van der Waals surface area contributed by atoms with Crippen LogP contribution < -0.4 is 10.9 Å². The lowest BCUT2D eigenvalue weighted by Gasteiger charge is -2.12. The zero-order chi connectivity index (χ0) is 14.7. The van der Waals surface area contributed by atoms with Crippen molar-refractivity contribution in [2.24, 2.45) is 0 Å². The van der Waals surface area contributed by atoms with E-state index in [0.29, 0.717) is 10.2 Å². The molecule has 2 aromatic heterocycles. The molecule has 8 heteroatoms. The molecule has 20 heavy (non-hydrogen) atoms. The number of carboxylic acid groups (broad SMARTS) is 1. The molecular weight excluding hydrogens is 282 g/mol. The monoisotopic (exact) mass is 295 g/mol. The Balaban J connectivity index is 2.15. The number of carbonyl (C=O) groups excluding carboxylic acids is 1. The Hall–Kier alpha value is -2.22. The maximum atomic E-state index is 12.0. The number of amides is 1. The molecule has 7 nitrogen and oxygen atoms in total. The van der Waals surface area contributed by atoms with E-state index < -0.39 is 17.9 Å². The number of carboxylic acids is 1. The fourth-order valence-corrected chi connectivity index (χ4v) is 2.46. The molecule has 0 spiro atoms. The average Bonchev–Trinajstić information content (AvgIpc) is 2.88. The Morgan fingerprint density at radius 2 is 2.30 bits per heavy atom. The second-order valence-electron chi connectivity index (χ2n) is 4.18. The number of rotatable bonds is 5. The van der Waals surface area contributed by atoms with Crippen molar-refractivity contribution in [3.8, 4) is 0 Å². The van der Waals surface area contributed by atoms with Crippen molar-refractivity contribution in [1.29, 1.82) is 0 Å². The smallest absolute Gasteiger partial charge is 0.326 e. The zero-order valence-corrected chi connectivity index (χ0v) is 11.5. The zero-order valence-electron chi connectivity index (χ0n) is 10.7. The number of carbonyl (C=O) groups is 2. The molecule has 1 atom stereocenters. The van der Waals surface area contributed by atoms with Crippen LogP contribution in [0.4, 0.5) is 0 Å². The normalized spacial score (nSPS) is 12.2. The maximum absolute atomic E-state index is 12.0. The molecule has 0 saturated heterocycles. The fourth-order valence-electron chi connectivity index (χ4n) is 1.74. The van der Waals surface area contributed by atoms with E-state index >= 15 is 0 Å². The van der Waals surface area contributed by atoms with Gasteiger partial charge in [-0.25, -0.2) is 9.78 Å². The summed E-state index contributed by atoms with van der Waals surface area (Å²) in [5.74, 6) is -1.63. The molecule has 0 aliphatic heterocycles. The number of aliphatic carboxylic acids is 1. The van der Waals surface area contributed by atoms with Gasteiger partial charge in [-0.2, -0.15) is 0 Å². The minimum Gasteiger partial charge on any atom is -0.480 e. The molecule has 0 unspecified atom stereocenters. The summed E-state index contributed by atoms with van der Waals surface area (Å²) in [4.78, 5) is 39.3. The molecule has 0 aliphatic carbocycles. The summed E-state index contributed by atoms with van der Waals surface area (Å²) in [6.07, 6.45) is 1.57. The molecule has 2 N–H and O–H groups in total. The largest absolute Gasteiger partial charge is 0.480 e. The summed E-state index contributed by atoms with van der Waals surface area (Å²) >= 11 is 1.34. The van der Waals surface area contributed by atoms with Crippen LogP contribution in [0.15, 0.2) is 22.6 Å². The van der Waals surface area contributed by atoms with Crippen LogP contribution in [-0.4, -0.2) is 32.6 Å². The highest BCUT2D eigenvalue weighted by Gasteiger charge is 2.18. The second-order valence-corrected chi connectivity index (χ2v) is 5.08. The van der Waals surface area contributed by atoms with Gasteiger partial charge < -0.3 is 10.4 Å². The van der Waals surface area contributed by atoms with E-state index in [0.717, 1.165) is 0 Å². The summed E-state index contributed by atoms with van der Waals surface area (Å²) in [5, 5.41) is 13.4. The number of nitrogens with one attached hydrogen (secondary N) is 1. The molecule has 0 radical (unpaired) electrons. The van der Waals surface area contributed by atoms with Crippen LogP contribution in [0.3, 0.4) is 0 Å². The van der Waals surface area contributed by atoms with Crippen molar-refractivity contribution in [1.82, 2.24) is 14.9 Å². The molecule has 106 valence electrons. The third-order valence-corrected chi connectivity index (χ3v) is 3.63. The average molecular weight is 295 g/mol. The van der Waals surface area contributed by atoms with Gasteiger partial charge in [-0.05, 0) is 17.9 Å². The molecule has 0 saturated carbocycles. The van der Waals surface area contributed by atoms with Crippen molar-refractivity contribution >= 4 is 33.4 Å². The van der Waals surface area contributed by atoms with Gasteiger partial charge in [0.1, 0.15) is 17.4 Å². The van der Waals surface area contributed by atoms with Crippen LogP contribution in [0.5, 0.6) is 0 Å². The van der Waals surface area contributed by atoms with Gasteiger partial charge in [0.25, 0.3) is 5.56 Å². The van der Waals surface area contributed by atoms with E-state index in [1.54, 1.807) is 18.4 Å². The van der Waals surface area contributed by atoms with Crippen LogP contribution in [0.2, 0.25) is 0 Å². The topological polar surface area (TPSA) is 101 Å². The predicted molar refractivity (Wildman–Crippen MR) is 73.7 cm³/mol. The van der Waals surface area contributed by atoms with Crippen molar-refractivity contribution in [2.75, 3.05) is 0 Å². The Labute approximate surface area is 117 Å². The predicted octanol–water partition coefficient (Wildman–Crippen LogP) is 0.437. The van der Waals surface area contributed by atoms with Gasteiger partial charge in [-0.1, -0.05) is 6.92 Å². The van der Waals surface area contributed by atoms with Crippen molar-refractivity contribution in [2.45, 2.75) is 25.9 Å². The lowest BCUT2D eigenvalue weighted by molar-refractivity contribution is -0.142. The van der Waals surface area contributed by atoms with E-state index in [-0.39, 0.29) is 18.5 Å². The SMILES string of the molecule is CC[C@@H](NC(=O)Cn1cnc2sccc2c1=O)C(=O)O. The first-order valence-electron chi connectivity index (χ1n) is 5.97. The fraction of sp³-hybridized carbons (Fsp3) is 0.333. The highest BCUT2D eigenvalue weighted by Crippen LogP contribution is 2.13. The molecule has 2 heterocycles. The summed E-state index contributed by atoms with van der Waals surface area (Å²) in [5.41, 5.74) is -0.310. The molecule has 0 bridgehead atoms. The quantitative estimate of drug-likeness (QED) is 0.833. The first kappa shape index (κ1) is 14.2. The molecule has 1 amide bonds. The van der Waals surface area contributed by atoms with Gasteiger partial charge >= 0.3 is 5.97 Å². The van der Waals surface area contributed by atoms with E-state index in [9.17, 15) is 14.4 Å². The molecular formula is C12H13N3O4S. The Morgan fingerprint density at radius 3 is 2.95 bits per heavy atom. The van der Waals surface area contributed by atoms with Crippen LogP contribution in [0.25, 0.3) is 10.2 Å². The van der Waals surface area contributed by atoms with E-state index in [4.69, 9.17) is 5.11 Å². The van der Waals surface area contributed by atoms with E-state index in [1.165, 1.54) is 22.2 Å². The minimum atomic E-state index is -1.10. The van der Waals surface area contributed by atoms with Gasteiger partial charge in [0, 0.05) is 0 Å². The lowest BCUT2D eigenvalue weighted by Crippen LogP contribution is -2.42. The van der Waals surface area contributed by atoms with Crippen LogP contribution >= 0.6 is 11.3 Å². The highest BCUT2D eigenvalue weighted by atomic mass is 32.1. The van der Waals surface area contributed by atoms with E-state index in [2.05, 4.69) is 10.3 Å². The number of fused-ring (bicyclic) bond motifs is 1. The van der Waals surface area contributed by atoms with Crippen LogP contribution in [0.1, 0.15) is 13.3 Å².